The molecule has 0 spiro atoms. The van der Waals surface area contributed by atoms with Crippen LogP contribution in [0.25, 0.3) is 0 Å². The molecular weight excluding hydrogens is 212 g/mol. The zero-order valence-corrected chi connectivity index (χ0v) is 11.4. The molecule has 1 heterocycles. The van der Waals surface area contributed by atoms with Crippen molar-refractivity contribution < 1.29 is 5.11 Å². The molecule has 1 aliphatic heterocycles. The molecule has 0 bridgehead atoms. The van der Waals surface area contributed by atoms with Crippen LogP contribution in [0.15, 0.2) is 0 Å². The molecular formula is C14H28N2O. The molecule has 2 fully saturated rings. The van der Waals surface area contributed by atoms with Crippen LogP contribution in [0.4, 0.5) is 0 Å². The lowest BCUT2D eigenvalue weighted by atomic mass is 10.00. The smallest absolute Gasteiger partial charge is 0.0695 e. The zero-order valence-electron chi connectivity index (χ0n) is 11.4. The predicted molar refractivity (Wildman–Crippen MR) is 71.1 cm³/mol. The second kappa shape index (κ2) is 6.17. The third-order valence-corrected chi connectivity index (χ3v) is 4.55. The summed E-state index contributed by atoms with van der Waals surface area (Å²) in [7, 11) is 2.20. The van der Waals surface area contributed by atoms with Gasteiger partial charge in [0.05, 0.1) is 6.10 Å². The van der Waals surface area contributed by atoms with Crippen molar-refractivity contribution in [2.24, 2.45) is 5.92 Å². The first-order valence-electron chi connectivity index (χ1n) is 7.27. The van der Waals surface area contributed by atoms with Gasteiger partial charge in [-0.1, -0.05) is 12.8 Å². The molecule has 0 radical (unpaired) electrons. The maximum atomic E-state index is 10.3. The molecule has 1 aliphatic carbocycles. The predicted octanol–water partition coefficient (Wildman–Crippen LogP) is 1.56. The van der Waals surface area contributed by atoms with E-state index in [-0.39, 0.29) is 6.10 Å². The van der Waals surface area contributed by atoms with Crippen molar-refractivity contribution in [3.8, 4) is 0 Å². The summed E-state index contributed by atoms with van der Waals surface area (Å²) in [5.74, 6) is 0.572. The van der Waals surface area contributed by atoms with Gasteiger partial charge in [0.25, 0.3) is 0 Å². The van der Waals surface area contributed by atoms with Crippen molar-refractivity contribution in [3.05, 3.63) is 0 Å². The monoisotopic (exact) mass is 240 g/mol. The Bertz CT molecular complexity index is 228. The summed E-state index contributed by atoms with van der Waals surface area (Å²) in [6.07, 6.45) is 6.26. The van der Waals surface area contributed by atoms with Crippen LogP contribution in [0.1, 0.15) is 39.0 Å². The average Bonchev–Trinajstić information content (AvgIpc) is 2.75. The van der Waals surface area contributed by atoms with Gasteiger partial charge >= 0.3 is 0 Å². The minimum atomic E-state index is -0.0941. The Morgan fingerprint density at radius 2 is 1.88 bits per heavy atom. The number of nitrogens with zero attached hydrogens (tertiary/aromatic N) is 2. The van der Waals surface area contributed by atoms with Crippen molar-refractivity contribution in [2.45, 2.75) is 51.2 Å². The lowest BCUT2D eigenvalue weighted by Crippen LogP contribution is -2.43. The Kier molecular flexibility index (Phi) is 4.83. The molecule has 0 aromatic carbocycles. The minimum absolute atomic E-state index is 0.0941. The molecule has 1 saturated heterocycles. The lowest BCUT2D eigenvalue weighted by Gasteiger charge is -2.31. The van der Waals surface area contributed by atoms with E-state index in [1.165, 1.54) is 38.6 Å². The van der Waals surface area contributed by atoms with E-state index in [0.717, 1.165) is 19.6 Å². The Labute approximate surface area is 106 Å². The van der Waals surface area contributed by atoms with Gasteiger partial charge in [-0.3, -0.25) is 4.90 Å². The Morgan fingerprint density at radius 3 is 2.59 bits per heavy atom. The van der Waals surface area contributed by atoms with Crippen LogP contribution in [0, 0.1) is 5.92 Å². The van der Waals surface area contributed by atoms with Crippen molar-refractivity contribution in [2.75, 3.05) is 33.2 Å². The van der Waals surface area contributed by atoms with Gasteiger partial charge in [-0.25, -0.2) is 0 Å². The summed E-state index contributed by atoms with van der Waals surface area (Å²) in [6, 6.07) is 0.582. The molecule has 2 unspecified atom stereocenters. The van der Waals surface area contributed by atoms with Gasteiger partial charge in [0.15, 0.2) is 0 Å². The first kappa shape index (κ1) is 13.3. The topological polar surface area (TPSA) is 26.7 Å². The van der Waals surface area contributed by atoms with E-state index in [9.17, 15) is 5.11 Å². The summed E-state index contributed by atoms with van der Waals surface area (Å²) >= 11 is 0. The molecule has 1 saturated carbocycles. The second-order valence-corrected chi connectivity index (χ2v) is 6.07. The minimum Gasteiger partial charge on any atom is -0.392 e. The fourth-order valence-corrected chi connectivity index (χ4v) is 3.42. The number of β-amino-alcohol motifs (C(OH)–C–C–N with tert-alkyl or cyclic N) is 1. The van der Waals surface area contributed by atoms with Gasteiger partial charge in [-0.2, -0.15) is 0 Å². The van der Waals surface area contributed by atoms with Crippen LogP contribution in [0.5, 0.6) is 0 Å². The van der Waals surface area contributed by atoms with Gasteiger partial charge in [0, 0.05) is 19.1 Å². The third-order valence-electron chi connectivity index (χ3n) is 4.55. The molecule has 2 atom stereocenters. The van der Waals surface area contributed by atoms with Crippen LogP contribution in [-0.4, -0.2) is 60.3 Å². The van der Waals surface area contributed by atoms with Crippen molar-refractivity contribution in [3.63, 3.8) is 0 Å². The second-order valence-electron chi connectivity index (χ2n) is 6.07. The first-order chi connectivity index (χ1) is 8.16. The lowest BCUT2D eigenvalue weighted by molar-refractivity contribution is 0.0522. The molecule has 0 aromatic heterocycles. The van der Waals surface area contributed by atoms with E-state index in [0.29, 0.717) is 12.0 Å². The molecule has 17 heavy (non-hydrogen) atoms. The molecule has 2 rings (SSSR count). The van der Waals surface area contributed by atoms with E-state index in [1.54, 1.807) is 0 Å². The molecule has 100 valence electrons. The number of hydrogen-bond donors (Lipinski definition) is 1. The highest BCUT2D eigenvalue weighted by Gasteiger charge is 2.27. The van der Waals surface area contributed by atoms with Crippen LogP contribution >= 0.6 is 0 Å². The number of hydrogen-bond acceptors (Lipinski definition) is 3. The quantitative estimate of drug-likeness (QED) is 0.811. The van der Waals surface area contributed by atoms with E-state index in [1.807, 2.05) is 0 Å². The Balaban J connectivity index is 1.83. The molecule has 0 amide bonds. The van der Waals surface area contributed by atoms with E-state index in [2.05, 4.69) is 23.8 Å². The maximum Gasteiger partial charge on any atom is 0.0695 e. The van der Waals surface area contributed by atoms with Crippen molar-refractivity contribution in [1.29, 1.82) is 0 Å². The zero-order chi connectivity index (χ0) is 12.3. The fraction of sp³-hybridized carbons (Fsp3) is 1.00. The summed E-state index contributed by atoms with van der Waals surface area (Å²) in [6.45, 7) is 6.66. The normalized spacial score (nSPS) is 31.6. The molecule has 3 nitrogen and oxygen atoms in total. The summed E-state index contributed by atoms with van der Waals surface area (Å²) in [4.78, 5) is 4.90. The maximum absolute atomic E-state index is 10.3. The number of rotatable bonds is 3. The van der Waals surface area contributed by atoms with Crippen LogP contribution in [-0.2, 0) is 0 Å². The SMILES string of the molecule is CC1CN(C)CCCN1CC(O)C1CCCC1. The standard InChI is InChI=1S/C14H28N2O/c1-12-10-15(2)8-5-9-16(12)11-14(17)13-6-3-4-7-13/h12-14,17H,3-11H2,1-2H3. The van der Waals surface area contributed by atoms with Crippen molar-refractivity contribution in [1.82, 2.24) is 9.80 Å². The van der Waals surface area contributed by atoms with Gasteiger partial charge in [0.1, 0.15) is 0 Å². The molecule has 1 N–H and O–H groups in total. The van der Waals surface area contributed by atoms with Gasteiger partial charge in [-0.15, -0.1) is 0 Å². The van der Waals surface area contributed by atoms with Gasteiger partial charge in [0.2, 0.25) is 0 Å². The van der Waals surface area contributed by atoms with Crippen LogP contribution in [0.3, 0.4) is 0 Å². The first-order valence-corrected chi connectivity index (χ1v) is 7.27. The van der Waals surface area contributed by atoms with E-state index >= 15 is 0 Å². The van der Waals surface area contributed by atoms with E-state index in [4.69, 9.17) is 0 Å². The highest BCUT2D eigenvalue weighted by molar-refractivity contribution is 4.81. The third kappa shape index (κ3) is 3.67. The summed E-state index contributed by atoms with van der Waals surface area (Å²) < 4.78 is 0. The largest absolute Gasteiger partial charge is 0.392 e. The van der Waals surface area contributed by atoms with Crippen LogP contribution in [0.2, 0.25) is 0 Å². The fourth-order valence-electron chi connectivity index (χ4n) is 3.42. The van der Waals surface area contributed by atoms with Gasteiger partial charge < -0.3 is 10.0 Å². The Hall–Kier alpha value is -0.120. The van der Waals surface area contributed by atoms with Crippen molar-refractivity contribution >= 4 is 0 Å². The average molecular weight is 240 g/mol. The highest BCUT2D eigenvalue weighted by atomic mass is 16.3. The number of likely N-dealkylation sites (N-methyl/N-ethyl adjacent to an activating group) is 1. The number of aliphatic hydroxyl groups excluding tert-OH is 1. The summed E-state index contributed by atoms with van der Waals surface area (Å²) in [5, 5.41) is 10.3. The van der Waals surface area contributed by atoms with Crippen LogP contribution < -0.4 is 0 Å². The highest BCUT2D eigenvalue weighted by Crippen LogP contribution is 2.28. The molecule has 0 aromatic rings. The summed E-state index contributed by atoms with van der Waals surface area (Å²) in [5.41, 5.74) is 0. The Morgan fingerprint density at radius 1 is 1.18 bits per heavy atom. The van der Waals surface area contributed by atoms with E-state index < -0.39 is 0 Å². The molecule has 2 aliphatic rings. The van der Waals surface area contributed by atoms with Gasteiger partial charge in [-0.05, 0) is 52.2 Å². The molecule has 3 heteroatoms. The number of aliphatic hydroxyl groups is 1.